The van der Waals surface area contributed by atoms with Crippen LogP contribution in [-0.2, 0) is 5.75 Å². The molecule has 0 bridgehead atoms. The lowest BCUT2D eigenvalue weighted by molar-refractivity contribution is 0.102. The number of rotatable bonds is 7. The van der Waals surface area contributed by atoms with Gasteiger partial charge in [0.2, 0.25) is 0 Å². The molecule has 0 fully saturated rings. The van der Waals surface area contributed by atoms with Crippen LogP contribution >= 0.6 is 11.8 Å². The quantitative estimate of drug-likeness (QED) is 0.407. The number of ether oxygens (including phenoxy) is 2. The topological polar surface area (TPSA) is 76.2 Å². The number of amides is 1. The first-order chi connectivity index (χ1) is 14.6. The molecule has 1 aromatic heterocycles. The number of carbonyl (C=O) groups excluding carboxylic acids is 1. The molecule has 0 unspecified atom stereocenters. The fraction of sp³-hybridized carbons (Fsp3) is 0.130. The molecule has 30 heavy (non-hydrogen) atoms. The number of hydrogen-bond acceptors (Lipinski definition) is 5. The van der Waals surface area contributed by atoms with E-state index >= 15 is 0 Å². The minimum atomic E-state index is -0.148. The van der Waals surface area contributed by atoms with Gasteiger partial charge in [0.25, 0.3) is 5.91 Å². The Hall–Kier alpha value is -3.45. The highest BCUT2D eigenvalue weighted by Gasteiger charge is 2.08. The molecule has 0 radical (unpaired) electrons. The zero-order valence-electron chi connectivity index (χ0n) is 16.6. The minimum Gasteiger partial charge on any atom is -0.497 e. The van der Waals surface area contributed by atoms with Gasteiger partial charge in [0, 0.05) is 23.1 Å². The molecular formula is C23H21N3O3S. The Morgan fingerprint density at radius 3 is 2.37 bits per heavy atom. The van der Waals surface area contributed by atoms with Gasteiger partial charge in [0.1, 0.15) is 11.5 Å². The molecule has 4 rings (SSSR count). The highest BCUT2D eigenvalue weighted by molar-refractivity contribution is 7.98. The second kappa shape index (κ2) is 8.92. The first kappa shape index (κ1) is 19.8. The third kappa shape index (κ3) is 4.58. The van der Waals surface area contributed by atoms with Crippen LogP contribution < -0.4 is 14.8 Å². The van der Waals surface area contributed by atoms with Crippen LogP contribution in [0, 0.1) is 0 Å². The highest BCUT2D eigenvalue weighted by atomic mass is 32.2. The number of anilines is 1. The molecule has 152 valence electrons. The molecule has 0 saturated carbocycles. The molecule has 0 spiro atoms. The summed E-state index contributed by atoms with van der Waals surface area (Å²) in [5.41, 5.74) is 4.29. The third-order valence-corrected chi connectivity index (χ3v) is 5.55. The van der Waals surface area contributed by atoms with Crippen LogP contribution in [0.4, 0.5) is 5.69 Å². The Balaban J connectivity index is 1.36. The Morgan fingerprint density at radius 2 is 1.67 bits per heavy atom. The number of nitrogens with zero attached hydrogens (tertiary/aromatic N) is 1. The Bertz CT molecular complexity index is 1150. The van der Waals surface area contributed by atoms with Crippen molar-refractivity contribution in [1.29, 1.82) is 0 Å². The summed E-state index contributed by atoms with van der Waals surface area (Å²) < 4.78 is 10.4. The van der Waals surface area contributed by atoms with E-state index in [9.17, 15) is 4.79 Å². The Labute approximate surface area is 178 Å². The number of fused-ring (bicyclic) bond motifs is 1. The number of carbonyl (C=O) groups is 1. The van der Waals surface area contributed by atoms with Crippen molar-refractivity contribution in [3.63, 3.8) is 0 Å². The monoisotopic (exact) mass is 419 g/mol. The summed E-state index contributed by atoms with van der Waals surface area (Å²) in [6, 6.07) is 20.6. The number of hydrogen-bond donors (Lipinski definition) is 2. The smallest absolute Gasteiger partial charge is 0.255 e. The fourth-order valence-electron chi connectivity index (χ4n) is 2.94. The van der Waals surface area contributed by atoms with Crippen LogP contribution in [0.25, 0.3) is 11.0 Å². The van der Waals surface area contributed by atoms with E-state index in [1.54, 1.807) is 26.0 Å². The average Bonchev–Trinajstić information content (AvgIpc) is 3.20. The normalized spacial score (nSPS) is 10.7. The van der Waals surface area contributed by atoms with E-state index < -0.39 is 0 Å². The van der Waals surface area contributed by atoms with E-state index in [-0.39, 0.29) is 5.91 Å². The first-order valence-electron chi connectivity index (χ1n) is 9.35. The van der Waals surface area contributed by atoms with Crippen molar-refractivity contribution in [2.75, 3.05) is 19.5 Å². The SMILES string of the molecule is COc1ccc(NC(=O)c2ccc(CSc3nc4ccc(OC)cc4[nH]3)cc2)cc1. The standard InChI is InChI=1S/C23H21N3O3S/c1-28-18-9-7-17(8-10-18)24-22(27)16-5-3-15(4-6-16)14-30-23-25-20-12-11-19(29-2)13-21(20)26-23/h3-13H,14H2,1-2H3,(H,24,27)(H,25,26). The van der Waals surface area contributed by atoms with Crippen molar-refractivity contribution in [2.45, 2.75) is 10.9 Å². The summed E-state index contributed by atoms with van der Waals surface area (Å²) in [7, 11) is 3.26. The lowest BCUT2D eigenvalue weighted by Gasteiger charge is -2.07. The number of aromatic nitrogens is 2. The second-order valence-electron chi connectivity index (χ2n) is 6.59. The summed E-state index contributed by atoms with van der Waals surface area (Å²) in [5.74, 6) is 2.15. The molecule has 0 aliphatic heterocycles. The average molecular weight is 420 g/mol. The van der Waals surface area contributed by atoms with Gasteiger partial charge in [0.15, 0.2) is 5.16 Å². The van der Waals surface area contributed by atoms with Crippen LogP contribution in [-0.4, -0.2) is 30.1 Å². The molecule has 6 nitrogen and oxygen atoms in total. The number of aromatic amines is 1. The minimum absolute atomic E-state index is 0.148. The van der Waals surface area contributed by atoms with Crippen molar-refractivity contribution in [3.05, 3.63) is 77.9 Å². The van der Waals surface area contributed by atoms with E-state index in [2.05, 4.69) is 15.3 Å². The van der Waals surface area contributed by atoms with Crippen molar-refractivity contribution in [1.82, 2.24) is 9.97 Å². The lowest BCUT2D eigenvalue weighted by atomic mass is 10.1. The number of nitrogens with one attached hydrogen (secondary N) is 2. The van der Waals surface area contributed by atoms with Crippen LogP contribution in [0.3, 0.4) is 0 Å². The molecule has 0 atom stereocenters. The molecule has 1 heterocycles. The first-order valence-corrected chi connectivity index (χ1v) is 10.3. The highest BCUT2D eigenvalue weighted by Crippen LogP contribution is 2.25. The van der Waals surface area contributed by atoms with E-state index in [0.29, 0.717) is 5.56 Å². The van der Waals surface area contributed by atoms with Crippen LogP contribution in [0.1, 0.15) is 15.9 Å². The molecule has 1 amide bonds. The molecule has 4 aromatic rings. The molecule has 0 aliphatic carbocycles. The van der Waals surface area contributed by atoms with Gasteiger partial charge in [-0.05, 0) is 54.1 Å². The summed E-state index contributed by atoms with van der Waals surface area (Å²) >= 11 is 1.61. The second-order valence-corrected chi connectivity index (χ2v) is 7.56. The summed E-state index contributed by atoms with van der Waals surface area (Å²) in [6.45, 7) is 0. The van der Waals surface area contributed by atoms with Crippen LogP contribution in [0.5, 0.6) is 11.5 Å². The van der Waals surface area contributed by atoms with E-state index in [1.807, 2.05) is 66.7 Å². The summed E-state index contributed by atoms with van der Waals surface area (Å²) in [4.78, 5) is 20.3. The van der Waals surface area contributed by atoms with E-state index in [0.717, 1.165) is 44.7 Å². The van der Waals surface area contributed by atoms with Gasteiger partial charge in [-0.2, -0.15) is 0 Å². The van der Waals surface area contributed by atoms with Crippen molar-refractivity contribution in [3.8, 4) is 11.5 Å². The maximum absolute atomic E-state index is 12.4. The predicted molar refractivity (Wildman–Crippen MR) is 120 cm³/mol. The van der Waals surface area contributed by atoms with Crippen molar-refractivity contribution >= 4 is 34.4 Å². The summed E-state index contributed by atoms with van der Waals surface area (Å²) in [5, 5.41) is 3.73. The number of imidazole rings is 1. The van der Waals surface area contributed by atoms with Gasteiger partial charge >= 0.3 is 0 Å². The zero-order chi connectivity index (χ0) is 20.9. The maximum Gasteiger partial charge on any atom is 0.255 e. The van der Waals surface area contributed by atoms with Gasteiger partial charge in [-0.15, -0.1) is 0 Å². The predicted octanol–water partition coefficient (Wildman–Crippen LogP) is 5.12. The maximum atomic E-state index is 12.4. The lowest BCUT2D eigenvalue weighted by Crippen LogP contribution is -2.11. The number of H-pyrrole nitrogens is 1. The van der Waals surface area contributed by atoms with Crippen LogP contribution in [0.15, 0.2) is 71.9 Å². The summed E-state index contributed by atoms with van der Waals surface area (Å²) in [6.07, 6.45) is 0. The van der Waals surface area contributed by atoms with Crippen LogP contribution in [0.2, 0.25) is 0 Å². The van der Waals surface area contributed by atoms with E-state index in [4.69, 9.17) is 9.47 Å². The fourth-order valence-corrected chi connectivity index (χ4v) is 3.78. The largest absolute Gasteiger partial charge is 0.497 e. The Kier molecular flexibility index (Phi) is 5.90. The van der Waals surface area contributed by atoms with Gasteiger partial charge in [-0.3, -0.25) is 4.79 Å². The molecule has 0 aliphatic rings. The van der Waals surface area contributed by atoms with Gasteiger partial charge in [-0.25, -0.2) is 4.98 Å². The number of methoxy groups -OCH3 is 2. The van der Waals surface area contributed by atoms with Gasteiger partial charge in [0.05, 0.1) is 25.3 Å². The zero-order valence-corrected chi connectivity index (χ0v) is 17.5. The third-order valence-electron chi connectivity index (χ3n) is 4.61. The number of benzene rings is 3. The van der Waals surface area contributed by atoms with Gasteiger partial charge in [-0.1, -0.05) is 23.9 Å². The Morgan fingerprint density at radius 1 is 0.967 bits per heavy atom. The van der Waals surface area contributed by atoms with Crippen molar-refractivity contribution < 1.29 is 14.3 Å². The van der Waals surface area contributed by atoms with E-state index in [1.165, 1.54) is 0 Å². The molecule has 7 heteroatoms. The van der Waals surface area contributed by atoms with Crippen molar-refractivity contribution in [2.24, 2.45) is 0 Å². The molecule has 0 saturated heterocycles. The molecule has 3 aromatic carbocycles. The molecule has 2 N–H and O–H groups in total. The number of thioether (sulfide) groups is 1. The van der Waals surface area contributed by atoms with Gasteiger partial charge < -0.3 is 19.8 Å². The molecular weight excluding hydrogens is 398 g/mol.